The van der Waals surface area contributed by atoms with Crippen LogP contribution in [0.5, 0.6) is 0 Å². The fourth-order valence-corrected chi connectivity index (χ4v) is 3.11. The van der Waals surface area contributed by atoms with Gasteiger partial charge in [0, 0.05) is 10.6 Å². The summed E-state index contributed by atoms with van der Waals surface area (Å²) in [6, 6.07) is 6.42. The van der Waals surface area contributed by atoms with E-state index in [2.05, 4.69) is 5.32 Å². The molecule has 0 radical (unpaired) electrons. The Morgan fingerprint density at radius 2 is 2.13 bits per heavy atom. The van der Waals surface area contributed by atoms with Gasteiger partial charge in [0.25, 0.3) is 5.91 Å². The Labute approximate surface area is 138 Å². The summed E-state index contributed by atoms with van der Waals surface area (Å²) in [6.45, 7) is 5.23. The highest BCUT2D eigenvalue weighted by Crippen LogP contribution is 2.34. The molecule has 0 spiro atoms. The molecule has 1 aromatic carbocycles. The predicted octanol–water partition coefficient (Wildman–Crippen LogP) is 2.36. The Bertz CT molecular complexity index is 662. The third kappa shape index (κ3) is 4.37. The molecule has 1 atom stereocenters. The molecule has 1 aliphatic heterocycles. The summed E-state index contributed by atoms with van der Waals surface area (Å²) < 4.78 is 5.18. The van der Waals surface area contributed by atoms with Crippen molar-refractivity contribution in [2.75, 3.05) is 10.7 Å². The van der Waals surface area contributed by atoms with E-state index in [1.165, 1.54) is 16.7 Å². The van der Waals surface area contributed by atoms with Gasteiger partial charge >= 0.3 is 6.09 Å². The topological polar surface area (TPSA) is 75.7 Å². The number of nitrogens with one attached hydrogen (secondary N) is 1. The maximum absolute atomic E-state index is 12.6. The Kier molecular flexibility index (Phi) is 5.13. The number of amides is 2. The number of hydrogen-bond acceptors (Lipinski definition) is 5. The van der Waals surface area contributed by atoms with Crippen LogP contribution in [0.3, 0.4) is 0 Å². The third-order valence-electron chi connectivity index (χ3n) is 2.94. The number of carbonyl (C=O) groups is 2. The number of carbonyl (C=O) groups excluding carboxylic acids is 3. The number of fused-ring (bicyclic) bond motifs is 1. The quantitative estimate of drug-likeness (QED) is 0.840. The number of rotatable bonds is 2. The molecule has 1 heterocycles. The molecule has 7 heteroatoms. The number of hydrogen-bond donors (Lipinski definition) is 1. The SMILES string of the molecule is CC(C)(C)OC(=O)N[C@H]1CSc2ccccc2N(C=C=O)C1=O. The number of para-hydroxylation sites is 1. The lowest BCUT2D eigenvalue weighted by molar-refractivity contribution is -0.119. The van der Waals surface area contributed by atoms with Crippen LogP contribution in [0.1, 0.15) is 20.8 Å². The van der Waals surface area contributed by atoms with E-state index < -0.39 is 23.6 Å². The number of benzene rings is 1. The first-order valence-corrected chi connectivity index (χ1v) is 8.06. The van der Waals surface area contributed by atoms with Crippen molar-refractivity contribution in [1.29, 1.82) is 0 Å². The zero-order chi connectivity index (χ0) is 17.0. The van der Waals surface area contributed by atoms with Crippen molar-refractivity contribution in [1.82, 2.24) is 5.32 Å². The van der Waals surface area contributed by atoms with Crippen LogP contribution >= 0.6 is 11.8 Å². The number of ether oxygens (including phenoxy) is 1. The molecule has 0 aliphatic carbocycles. The van der Waals surface area contributed by atoms with Crippen molar-refractivity contribution in [3.63, 3.8) is 0 Å². The standard InChI is InChI=1S/C16H18N2O4S/c1-16(2,3)22-15(21)17-11-10-23-13-7-5-4-6-12(13)18(8-9-19)14(11)20/h4-8,11H,10H2,1-3H3,(H,17,21)/t11-/m0/s1. The van der Waals surface area contributed by atoms with E-state index in [9.17, 15) is 14.4 Å². The van der Waals surface area contributed by atoms with Crippen LogP contribution in [0.25, 0.3) is 0 Å². The minimum absolute atomic E-state index is 0.346. The predicted molar refractivity (Wildman–Crippen MR) is 88.1 cm³/mol. The van der Waals surface area contributed by atoms with E-state index in [1.807, 2.05) is 12.1 Å². The van der Waals surface area contributed by atoms with Gasteiger partial charge in [-0.25, -0.2) is 9.59 Å². The minimum atomic E-state index is -0.799. The molecule has 0 fully saturated rings. The number of alkyl carbamates (subject to hydrolysis) is 1. The smallest absolute Gasteiger partial charge is 0.408 e. The summed E-state index contributed by atoms with van der Waals surface area (Å²) in [5, 5.41) is 2.57. The van der Waals surface area contributed by atoms with E-state index in [-0.39, 0.29) is 0 Å². The van der Waals surface area contributed by atoms with Gasteiger partial charge < -0.3 is 10.1 Å². The van der Waals surface area contributed by atoms with Crippen molar-refractivity contribution < 1.29 is 19.1 Å². The van der Waals surface area contributed by atoms with Crippen LogP contribution in [0, 0.1) is 0 Å². The highest BCUT2D eigenvalue weighted by Gasteiger charge is 2.32. The van der Waals surface area contributed by atoms with Crippen LogP contribution in [0.4, 0.5) is 10.5 Å². The van der Waals surface area contributed by atoms with E-state index in [1.54, 1.807) is 38.8 Å². The average Bonchev–Trinajstić information content (AvgIpc) is 2.58. The minimum Gasteiger partial charge on any atom is -0.444 e. The van der Waals surface area contributed by atoms with Crippen molar-refractivity contribution in [3.8, 4) is 0 Å². The molecule has 1 aromatic rings. The molecule has 0 saturated carbocycles. The molecule has 23 heavy (non-hydrogen) atoms. The van der Waals surface area contributed by atoms with Gasteiger partial charge in [0.15, 0.2) is 0 Å². The van der Waals surface area contributed by atoms with Crippen LogP contribution in [0.15, 0.2) is 35.4 Å². The van der Waals surface area contributed by atoms with Gasteiger partial charge in [-0.2, -0.15) is 0 Å². The molecular weight excluding hydrogens is 316 g/mol. The van der Waals surface area contributed by atoms with Crippen LogP contribution in [-0.2, 0) is 14.3 Å². The number of anilines is 1. The summed E-state index contributed by atoms with van der Waals surface area (Å²) in [4.78, 5) is 37.4. The zero-order valence-corrected chi connectivity index (χ0v) is 14.0. The van der Waals surface area contributed by atoms with Crippen LogP contribution in [-0.4, -0.2) is 35.3 Å². The van der Waals surface area contributed by atoms with Crippen LogP contribution in [0.2, 0.25) is 0 Å². The fourth-order valence-electron chi connectivity index (χ4n) is 2.05. The van der Waals surface area contributed by atoms with Crippen LogP contribution < -0.4 is 10.2 Å². The molecule has 2 amide bonds. The maximum Gasteiger partial charge on any atom is 0.408 e. The molecule has 122 valence electrons. The van der Waals surface area contributed by atoms with E-state index in [4.69, 9.17) is 4.74 Å². The first-order valence-electron chi connectivity index (χ1n) is 7.07. The third-order valence-corrected chi connectivity index (χ3v) is 4.09. The summed E-state index contributed by atoms with van der Waals surface area (Å²) in [7, 11) is 0. The second-order valence-corrected chi connectivity index (χ2v) is 6.99. The van der Waals surface area contributed by atoms with Gasteiger partial charge in [-0.3, -0.25) is 9.69 Å². The molecule has 2 rings (SSSR count). The van der Waals surface area contributed by atoms with Crippen molar-refractivity contribution in [2.24, 2.45) is 0 Å². The highest BCUT2D eigenvalue weighted by molar-refractivity contribution is 7.99. The van der Waals surface area contributed by atoms with Gasteiger partial charge in [0.1, 0.15) is 17.6 Å². The monoisotopic (exact) mass is 334 g/mol. The van der Waals surface area contributed by atoms with E-state index >= 15 is 0 Å². The second-order valence-electron chi connectivity index (χ2n) is 5.93. The van der Waals surface area contributed by atoms with Gasteiger partial charge in [-0.05, 0) is 32.9 Å². The van der Waals surface area contributed by atoms with Gasteiger partial charge in [-0.15, -0.1) is 11.8 Å². The van der Waals surface area contributed by atoms with Gasteiger partial charge in [0.05, 0.1) is 11.9 Å². The van der Waals surface area contributed by atoms with E-state index in [0.717, 1.165) is 11.1 Å². The Morgan fingerprint density at radius 3 is 2.78 bits per heavy atom. The number of nitrogens with zero attached hydrogens (tertiary/aromatic N) is 1. The van der Waals surface area contributed by atoms with Gasteiger partial charge in [0.2, 0.25) is 0 Å². The molecule has 6 nitrogen and oxygen atoms in total. The summed E-state index contributed by atoms with van der Waals surface area (Å²) in [5.74, 6) is 1.57. The molecule has 1 N–H and O–H groups in total. The molecule has 0 bridgehead atoms. The Balaban J connectivity index is 2.23. The lowest BCUT2D eigenvalue weighted by Crippen LogP contribution is -2.49. The van der Waals surface area contributed by atoms with E-state index in [0.29, 0.717) is 11.4 Å². The molecule has 0 aromatic heterocycles. The maximum atomic E-state index is 12.6. The fraction of sp³-hybridized carbons (Fsp3) is 0.375. The average molecular weight is 334 g/mol. The second kappa shape index (κ2) is 6.89. The Hall–Kier alpha value is -2.24. The first-order chi connectivity index (χ1) is 10.8. The molecule has 0 unspecified atom stereocenters. The largest absolute Gasteiger partial charge is 0.444 e. The highest BCUT2D eigenvalue weighted by atomic mass is 32.2. The molecular formula is C16H18N2O4S. The summed E-state index contributed by atoms with van der Waals surface area (Å²) in [5.41, 5.74) is -0.0598. The van der Waals surface area contributed by atoms with Gasteiger partial charge in [-0.1, -0.05) is 12.1 Å². The molecule has 1 aliphatic rings. The molecule has 0 saturated heterocycles. The lowest BCUT2D eigenvalue weighted by atomic mass is 10.2. The zero-order valence-electron chi connectivity index (χ0n) is 13.2. The lowest BCUT2D eigenvalue weighted by Gasteiger charge is -2.24. The first kappa shape index (κ1) is 17.1. The Morgan fingerprint density at radius 1 is 1.43 bits per heavy atom. The normalized spacial score (nSPS) is 17.6. The van der Waals surface area contributed by atoms with Crippen molar-refractivity contribution in [3.05, 3.63) is 30.5 Å². The van der Waals surface area contributed by atoms with Crippen molar-refractivity contribution in [2.45, 2.75) is 37.3 Å². The summed E-state index contributed by atoms with van der Waals surface area (Å²) in [6.07, 6.45) is 0.369. The summed E-state index contributed by atoms with van der Waals surface area (Å²) >= 11 is 1.43. The number of thioether (sulfide) groups is 1. The van der Waals surface area contributed by atoms with Crippen molar-refractivity contribution >= 4 is 35.4 Å².